The Morgan fingerprint density at radius 1 is 0.696 bits per heavy atom. The number of hydrogen-bond acceptors (Lipinski definition) is 3. The average molecular weight is 306 g/mol. The molecule has 1 aliphatic carbocycles. The SMILES string of the molecule is O=C(c1ccccc1)C1C2COCC2C1C(=O)c1ccccc1. The van der Waals surface area contributed by atoms with E-state index in [4.69, 9.17) is 4.74 Å². The average Bonchev–Trinajstić information content (AvgIpc) is 3.00. The summed E-state index contributed by atoms with van der Waals surface area (Å²) in [5.74, 6) is 0.00853. The van der Waals surface area contributed by atoms with E-state index in [1.165, 1.54) is 0 Å². The van der Waals surface area contributed by atoms with Gasteiger partial charge in [-0.2, -0.15) is 0 Å². The summed E-state index contributed by atoms with van der Waals surface area (Å²) in [4.78, 5) is 25.8. The largest absolute Gasteiger partial charge is 0.381 e. The van der Waals surface area contributed by atoms with Gasteiger partial charge in [0.25, 0.3) is 0 Å². The van der Waals surface area contributed by atoms with E-state index in [2.05, 4.69) is 0 Å². The first kappa shape index (κ1) is 14.3. The molecule has 2 aromatic carbocycles. The van der Waals surface area contributed by atoms with Crippen molar-refractivity contribution in [2.45, 2.75) is 0 Å². The molecule has 0 amide bonds. The van der Waals surface area contributed by atoms with Gasteiger partial charge in [0.2, 0.25) is 0 Å². The van der Waals surface area contributed by atoms with E-state index in [0.717, 1.165) is 0 Å². The zero-order valence-corrected chi connectivity index (χ0v) is 12.7. The number of carbonyl (C=O) groups is 2. The first-order chi connectivity index (χ1) is 11.3. The second-order valence-corrected chi connectivity index (χ2v) is 6.38. The van der Waals surface area contributed by atoms with Crippen LogP contribution in [0.25, 0.3) is 0 Å². The van der Waals surface area contributed by atoms with Crippen molar-refractivity contribution in [3.05, 3.63) is 71.8 Å². The van der Waals surface area contributed by atoms with E-state index in [0.29, 0.717) is 24.3 Å². The molecule has 1 heterocycles. The number of Topliss-reactive ketones (excluding diaryl/α,β-unsaturated/α-hetero) is 2. The summed E-state index contributed by atoms with van der Waals surface area (Å²) < 4.78 is 5.56. The molecule has 0 spiro atoms. The molecule has 0 bridgehead atoms. The summed E-state index contributed by atoms with van der Waals surface area (Å²) in [6.45, 7) is 1.18. The Balaban J connectivity index is 1.65. The maximum atomic E-state index is 12.9. The Kier molecular flexibility index (Phi) is 3.58. The Morgan fingerprint density at radius 3 is 1.48 bits per heavy atom. The molecule has 3 nitrogen and oxygen atoms in total. The van der Waals surface area contributed by atoms with Crippen molar-refractivity contribution in [1.29, 1.82) is 0 Å². The number of carbonyl (C=O) groups excluding carboxylic acids is 2. The van der Waals surface area contributed by atoms with Gasteiger partial charge in [0, 0.05) is 23.0 Å². The van der Waals surface area contributed by atoms with Crippen LogP contribution in [-0.2, 0) is 4.74 Å². The molecule has 2 aromatic rings. The van der Waals surface area contributed by atoms with Crippen molar-refractivity contribution >= 4 is 11.6 Å². The minimum atomic E-state index is -0.252. The summed E-state index contributed by atoms with van der Waals surface area (Å²) in [6, 6.07) is 18.6. The highest BCUT2D eigenvalue weighted by Gasteiger charge is 2.59. The lowest BCUT2D eigenvalue weighted by Gasteiger charge is -2.45. The summed E-state index contributed by atoms with van der Waals surface area (Å²) in [6.07, 6.45) is 0. The Labute approximate surface area is 135 Å². The van der Waals surface area contributed by atoms with Crippen LogP contribution in [0.4, 0.5) is 0 Å². The van der Waals surface area contributed by atoms with E-state index in [9.17, 15) is 9.59 Å². The van der Waals surface area contributed by atoms with Crippen molar-refractivity contribution in [3.8, 4) is 0 Å². The van der Waals surface area contributed by atoms with Crippen LogP contribution < -0.4 is 0 Å². The first-order valence-electron chi connectivity index (χ1n) is 8.03. The van der Waals surface area contributed by atoms with Crippen LogP contribution in [0.5, 0.6) is 0 Å². The van der Waals surface area contributed by atoms with Gasteiger partial charge < -0.3 is 4.74 Å². The molecule has 23 heavy (non-hydrogen) atoms. The van der Waals surface area contributed by atoms with Crippen LogP contribution in [0.3, 0.4) is 0 Å². The van der Waals surface area contributed by atoms with Crippen molar-refractivity contribution in [2.75, 3.05) is 13.2 Å². The molecule has 4 atom stereocenters. The third-order valence-electron chi connectivity index (χ3n) is 5.20. The zero-order chi connectivity index (χ0) is 15.8. The number of ether oxygens (including phenoxy) is 1. The molecule has 0 N–H and O–H groups in total. The van der Waals surface area contributed by atoms with Gasteiger partial charge in [-0.1, -0.05) is 60.7 Å². The number of ketones is 2. The van der Waals surface area contributed by atoms with Gasteiger partial charge in [-0.3, -0.25) is 9.59 Å². The Hall–Kier alpha value is -2.26. The van der Waals surface area contributed by atoms with Crippen molar-refractivity contribution in [1.82, 2.24) is 0 Å². The van der Waals surface area contributed by atoms with Crippen LogP contribution in [-0.4, -0.2) is 24.8 Å². The van der Waals surface area contributed by atoms with Gasteiger partial charge >= 0.3 is 0 Å². The van der Waals surface area contributed by atoms with Gasteiger partial charge in [-0.15, -0.1) is 0 Å². The second-order valence-electron chi connectivity index (χ2n) is 6.38. The lowest BCUT2D eigenvalue weighted by atomic mass is 9.54. The molecule has 0 radical (unpaired) electrons. The third kappa shape index (κ3) is 2.32. The minimum absolute atomic E-state index is 0.0756. The maximum absolute atomic E-state index is 12.9. The topological polar surface area (TPSA) is 43.4 Å². The molecule has 4 unspecified atom stereocenters. The molecule has 3 heteroatoms. The number of hydrogen-bond donors (Lipinski definition) is 0. The molecule has 116 valence electrons. The van der Waals surface area contributed by atoms with Crippen molar-refractivity contribution < 1.29 is 14.3 Å². The van der Waals surface area contributed by atoms with Crippen LogP contribution in [0, 0.1) is 23.7 Å². The van der Waals surface area contributed by atoms with Gasteiger partial charge in [0.05, 0.1) is 13.2 Å². The van der Waals surface area contributed by atoms with E-state index in [1.54, 1.807) is 0 Å². The Bertz CT molecular complexity index is 660. The molecule has 2 aliphatic rings. The van der Waals surface area contributed by atoms with Gasteiger partial charge in [-0.25, -0.2) is 0 Å². The molecule has 1 saturated heterocycles. The molecule has 4 rings (SSSR count). The third-order valence-corrected chi connectivity index (χ3v) is 5.20. The summed E-state index contributed by atoms with van der Waals surface area (Å²) >= 11 is 0. The predicted molar refractivity (Wildman–Crippen MR) is 86.3 cm³/mol. The van der Waals surface area contributed by atoms with E-state index in [1.807, 2.05) is 60.7 Å². The van der Waals surface area contributed by atoms with Crippen LogP contribution in [0.15, 0.2) is 60.7 Å². The summed E-state index contributed by atoms with van der Waals surface area (Å²) in [5, 5.41) is 0. The summed E-state index contributed by atoms with van der Waals surface area (Å²) in [5.41, 5.74) is 1.38. The summed E-state index contributed by atoms with van der Waals surface area (Å²) in [7, 11) is 0. The number of fused-ring (bicyclic) bond motifs is 1. The molecular weight excluding hydrogens is 288 g/mol. The first-order valence-corrected chi connectivity index (χ1v) is 8.03. The fourth-order valence-electron chi connectivity index (χ4n) is 4.02. The Morgan fingerprint density at radius 2 is 1.09 bits per heavy atom. The fourth-order valence-corrected chi connectivity index (χ4v) is 4.02. The molecule has 0 aromatic heterocycles. The smallest absolute Gasteiger partial charge is 0.167 e. The second kappa shape index (κ2) is 5.74. The lowest BCUT2D eigenvalue weighted by molar-refractivity contribution is 0.0202. The molecule has 1 saturated carbocycles. The van der Waals surface area contributed by atoms with E-state index in [-0.39, 0.29) is 35.2 Å². The van der Waals surface area contributed by atoms with Crippen LogP contribution >= 0.6 is 0 Å². The molecule has 2 fully saturated rings. The number of benzene rings is 2. The quantitative estimate of drug-likeness (QED) is 0.814. The minimum Gasteiger partial charge on any atom is -0.381 e. The van der Waals surface area contributed by atoms with Crippen LogP contribution in [0.2, 0.25) is 0 Å². The highest BCUT2D eigenvalue weighted by molar-refractivity contribution is 6.06. The predicted octanol–water partition coefficient (Wildman–Crippen LogP) is 3.26. The van der Waals surface area contributed by atoms with Gasteiger partial charge in [-0.05, 0) is 11.8 Å². The standard InChI is InChI=1S/C20H18O3/c21-19(13-7-3-1-4-8-13)17-15-11-23-12-16(15)18(17)20(22)14-9-5-2-6-10-14/h1-10,15-18H,11-12H2. The molecule has 1 aliphatic heterocycles. The maximum Gasteiger partial charge on any atom is 0.167 e. The van der Waals surface area contributed by atoms with Gasteiger partial charge in [0.1, 0.15) is 0 Å². The lowest BCUT2D eigenvalue weighted by Crippen LogP contribution is -2.53. The van der Waals surface area contributed by atoms with Crippen molar-refractivity contribution in [2.24, 2.45) is 23.7 Å². The zero-order valence-electron chi connectivity index (χ0n) is 12.7. The highest BCUT2D eigenvalue weighted by Crippen LogP contribution is 2.52. The van der Waals surface area contributed by atoms with E-state index < -0.39 is 0 Å². The number of rotatable bonds is 4. The van der Waals surface area contributed by atoms with Crippen LogP contribution in [0.1, 0.15) is 20.7 Å². The molecular formula is C20H18O3. The highest BCUT2D eigenvalue weighted by atomic mass is 16.5. The normalized spacial score (nSPS) is 28.7. The van der Waals surface area contributed by atoms with E-state index >= 15 is 0 Å². The fraction of sp³-hybridized carbons (Fsp3) is 0.300. The van der Waals surface area contributed by atoms with Gasteiger partial charge in [0.15, 0.2) is 11.6 Å². The monoisotopic (exact) mass is 306 g/mol. The van der Waals surface area contributed by atoms with Crippen molar-refractivity contribution in [3.63, 3.8) is 0 Å².